The van der Waals surface area contributed by atoms with Crippen LogP contribution in [-0.2, 0) is 0 Å². The number of hydrogen-bond donors (Lipinski definition) is 0. The molecule has 19 fully saturated rings. The van der Waals surface area contributed by atoms with Crippen molar-refractivity contribution in [1.29, 1.82) is 0 Å². The van der Waals surface area contributed by atoms with Gasteiger partial charge in [0.2, 0.25) is 0 Å². The summed E-state index contributed by atoms with van der Waals surface area (Å²) < 4.78 is 0. The van der Waals surface area contributed by atoms with Crippen molar-refractivity contribution in [3.05, 3.63) is 0 Å². The summed E-state index contributed by atoms with van der Waals surface area (Å²) in [5.41, 5.74) is 0. The maximum Gasteiger partial charge on any atom is -0.0383 e. The second-order valence-corrected chi connectivity index (χ2v) is 27.0. The van der Waals surface area contributed by atoms with Crippen LogP contribution in [0.3, 0.4) is 0 Å². The molecule has 0 aromatic carbocycles. The standard InChI is InChI=1S/C11H20.C10H16.2C10H18.2C7H12.C5H10.C4H8/c1-4-10-6-2-7-11(5-1)9-3-8-10;1-7-2-9-4-8(1)5-10(3-7)6-9;1-2-6-10-8-4-3-7-9(10)5-1;1-2-4-10-7-5-9(3-1)6-8-10;1-2-6-4-7(3-1)5-6;1-2-4-7-5-6(7)3-1;1-2-4-5-3-1;1-2-4-3-1/h10-11H,1-9H2;7-10H,1-6H2;2*9-10H,1-8H2;2*6-7H,1-5H2;1-5H2;1-4H2/t;;;;;6-,7+;;. The molecule has 0 radical (unpaired) electrons. The summed E-state index contributed by atoms with van der Waals surface area (Å²) in [6.07, 6.45) is 77.4. The molecule has 19 saturated carbocycles. The first-order chi connectivity index (χ1) is 31.7. The normalized spacial score (nSPS) is 42.4. The summed E-state index contributed by atoms with van der Waals surface area (Å²) in [5, 5.41) is 0. The van der Waals surface area contributed by atoms with Crippen molar-refractivity contribution >= 4 is 0 Å². The lowest BCUT2D eigenvalue weighted by Gasteiger charge is -2.49. The molecule has 0 amide bonds. The molecule has 19 aliphatic rings. The van der Waals surface area contributed by atoms with E-state index in [0.29, 0.717) is 0 Å². The van der Waals surface area contributed by atoms with Crippen molar-refractivity contribution in [2.45, 2.75) is 321 Å². The van der Waals surface area contributed by atoms with E-state index in [9.17, 15) is 0 Å². The highest BCUT2D eigenvalue weighted by molar-refractivity contribution is 4.93. The Labute approximate surface area is 402 Å². The number of rotatable bonds is 0. The van der Waals surface area contributed by atoms with E-state index in [2.05, 4.69) is 0 Å². The lowest BCUT2D eigenvalue weighted by atomic mass is 9.56. The molecule has 0 heterocycles. The van der Waals surface area contributed by atoms with Gasteiger partial charge < -0.3 is 0 Å². The van der Waals surface area contributed by atoms with Gasteiger partial charge in [-0.1, -0.05) is 263 Å². The van der Waals surface area contributed by atoms with Crippen molar-refractivity contribution in [3.63, 3.8) is 0 Å². The van der Waals surface area contributed by atoms with Gasteiger partial charge in [-0.05, 0) is 141 Å². The molecular weight excluding hydrogens is 769 g/mol. The van der Waals surface area contributed by atoms with Crippen molar-refractivity contribution in [1.82, 2.24) is 0 Å². The molecule has 10 bridgehead atoms. The highest BCUT2D eigenvalue weighted by Gasteiger charge is 2.42. The molecule has 0 heteroatoms. The van der Waals surface area contributed by atoms with E-state index in [-0.39, 0.29) is 0 Å². The molecule has 19 aliphatic carbocycles. The molecule has 19 rings (SSSR count). The topological polar surface area (TPSA) is 0 Å². The van der Waals surface area contributed by atoms with E-state index in [4.69, 9.17) is 0 Å². The maximum atomic E-state index is 1.60. The zero-order chi connectivity index (χ0) is 43.4. The molecule has 2 atom stereocenters. The van der Waals surface area contributed by atoms with Crippen LogP contribution >= 0.6 is 0 Å². The minimum absolute atomic E-state index is 1.12. The molecular formula is C64H114. The Bertz CT molecular complexity index is 999. The zero-order valence-corrected chi connectivity index (χ0v) is 43.4. The van der Waals surface area contributed by atoms with Gasteiger partial charge in [-0.25, -0.2) is 0 Å². The molecule has 0 unspecified atom stereocenters. The predicted octanol–water partition coefficient (Wildman–Crippen LogP) is 21.2. The smallest absolute Gasteiger partial charge is 0.0383 e. The molecule has 0 N–H and O–H groups in total. The number of hydrogen-bond acceptors (Lipinski definition) is 0. The largest absolute Gasteiger partial charge is 0.0533 e. The Morgan fingerprint density at radius 3 is 0.562 bits per heavy atom. The van der Waals surface area contributed by atoms with E-state index in [1.807, 2.05) is 0 Å². The minimum Gasteiger partial charge on any atom is -0.0533 e. The first-order valence-corrected chi connectivity index (χ1v) is 31.7. The Morgan fingerprint density at radius 2 is 0.312 bits per heavy atom. The molecule has 0 aromatic rings. The zero-order valence-electron chi connectivity index (χ0n) is 43.4. The lowest BCUT2D eigenvalue weighted by Crippen LogP contribution is -2.38. The van der Waals surface area contributed by atoms with E-state index in [0.717, 1.165) is 35.5 Å². The third-order valence-electron chi connectivity index (χ3n) is 21.9. The van der Waals surface area contributed by atoms with Crippen LogP contribution < -0.4 is 0 Å². The van der Waals surface area contributed by atoms with E-state index in [1.54, 1.807) is 186 Å². The monoisotopic (exact) mass is 883 g/mol. The van der Waals surface area contributed by atoms with Gasteiger partial charge in [-0.2, -0.15) is 0 Å². The third-order valence-corrected chi connectivity index (χ3v) is 21.9. The van der Waals surface area contributed by atoms with Gasteiger partial charge in [0.1, 0.15) is 0 Å². The summed E-state index contributed by atoms with van der Waals surface area (Å²) in [6, 6.07) is 0. The van der Waals surface area contributed by atoms with Crippen molar-refractivity contribution in [2.24, 2.45) is 82.9 Å². The van der Waals surface area contributed by atoms with Crippen molar-refractivity contribution < 1.29 is 0 Å². The third kappa shape index (κ3) is 18.1. The van der Waals surface area contributed by atoms with Crippen LogP contribution in [0.5, 0.6) is 0 Å². The number of fused-ring (bicyclic) bond motifs is 15. The lowest BCUT2D eigenvalue weighted by molar-refractivity contribution is 0.0198. The highest BCUT2D eigenvalue weighted by Crippen LogP contribution is 2.54. The SMILES string of the molecule is C1C2CC3CC1CC(C2)C3.C1CC2CC(C1)C2.C1CC2CCCC(C1)CCC2.C1CCC1.C1CCC2CCC(C1)CC2.C1CCC2CCCCC2C1.C1CCCC1.C1CC[C@H]2C[C@H]2C1. The Morgan fingerprint density at radius 1 is 0.109 bits per heavy atom. The fraction of sp³-hybridized carbons (Fsp3) is 1.00. The van der Waals surface area contributed by atoms with Gasteiger partial charge in [-0.3, -0.25) is 0 Å². The van der Waals surface area contributed by atoms with Gasteiger partial charge in [0.15, 0.2) is 0 Å². The van der Waals surface area contributed by atoms with E-state index in [1.165, 1.54) is 182 Å². The predicted molar refractivity (Wildman–Crippen MR) is 280 cm³/mol. The minimum atomic E-state index is 1.12. The fourth-order valence-electron chi connectivity index (χ4n) is 17.5. The Hall–Kier alpha value is 0. The molecule has 370 valence electrons. The van der Waals surface area contributed by atoms with Gasteiger partial charge in [-0.15, -0.1) is 0 Å². The first-order valence-electron chi connectivity index (χ1n) is 31.7. The Balaban J connectivity index is 0.000000102. The second kappa shape index (κ2) is 28.6. The molecule has 0 aliphatic heterocycles. The van der Waals surface area contributed by atoms with E-state index >= 15 is 0 Å². The molecule has 0 aromatic heterocycles. The van der Waals surface area contributed by atoms with Crippen LogP contribution in [0.25, 0.3) is 0 Å². The van der Waals surface area contributed by atoms with Gasteiger partial charge in [0, 0.05) is 0 Å². The van der Waals surface area contributed by atoms with Crippen molar-refractivity contribution in [2.75, 3.05) is 0 Å². The Kier molecular flexibility index (Phi) is 22.5. The first kappa shape index (κ1) is 50.4. The quantitative estimate of drug-likeness (QED) is 0.227. The van der Waals surface area contributed by atoms with Gasteiger partial charge in [0.25, 0.3) is 0 Å². The molecule has 0 saturated heterocycles. The van der Waals surface area contributed by atoms with E-state index < -0.39 is 0 Å². The van der Waals surface area contributed by atoms with Crippen LogP contribution in [0.1, 0.15) is 321 Å². The van der Waals surface area contributed by atoms with Crippen molar-refractivity contribution in [3.8, 4) is 0 Å². The molecule has 0 nitrogen and oxygen atoms in total. The average molecular weight is 884 g/mol. The van der Waals surface area contributed by atoms with Crippen LogP contribution in [0, 0.1) is 82.9 Å². The highest BCUT2D eigenvalue weighted by atomic mass is 14.5. The van der Waals surface area contributed by atoms with Crippen LogP contribution in [0.2, 0.25) is 0 Å². The maximum absolute atomic E-state index is 1.60. The molecule has 0 spiro atoms. The summed E-state index contributed by atoms with van der Waals surface area (Å²) in [6.45, 7) is 0. The summed E-state index contributed by atoms with van der Waals surface area (Å²) in [5.74, 6) is 16.3. The fourth-order valence-corrected chi connectivity index (χ4v) is 17.5. The molecule has 64 heavy (non-hydrogen) atoms. The summed E-state index contributed by atoms with van der Waals surface area (Å²) >= 11 is 0. The average Bonchev–Trinajstić information content (AvgIpc) is 3.79. The van der Waals surface area contributed by atoms with Crippen LogP contribution in [0.4, 0.5) is 0 Å². The second-order valence-electron chi connectivity index (χ2n) is 27.0. The van der Waals surface area contributed by atoms with Crippen LogP contribution in [0.15, 0.2) is 0 Å². The van der Waals surface area contributed by atoms with Crippen LogP contribution in [-0.4, -0.2) is 0 Å². The van der Waals surface area contributed by atoms with Gasteiger partial charge >= 0.3 is 0 Å². The van der Waals surface area contributed by atoms with Gasteiger partial charge in [0.05, 0.1) is 0 Å². The summed E-state index contributed by atoms with van der Waals surface area (Å²) in [7, 11) is 0. The summed E-state index contributed by atoms with van der Waals surface area (Å²) in [4.78, 5) is 0.